The molecular formula is C12H15ClF4N2O2S. The van der Waals surface area contributed by atoms with E-state index in [4.69, 9.17) is 0 Å². The summed E-state index contributed by atoms with van der Waals surface area (Å²) in [6.45, 7) is 1.07. The van der Waals surface area contributed by atoms with Crippen molar-refractivity contribution in [2.24, 2.45) is 0 Å². The third-order valence-electron chi connectivity index (χ3n) is 3.47. The van der Waals surface area contributed by atoms with Gasteiger partial charge in [-0.25, -0.2) is 12.8 Å². The second kappa shape index (κ2) is 6.69. The number of likely N-dealkylation sites (N-methyl/N-ethyl adjacent to an activating group) is 1. The molecule has 0 spiro atoms. The van der Waals surface area contributed by atoms with Crippen LogP contribution >= 0.6 is 12.4 Å². The lowest BCUT2D eigenvalue weighted by Gasteiger charge is -2.23. The third kappa shape index (κ3) is 3.70. The zero-order chi connectivity index (χ0) is 15.8. The van der Waals surface area contributed by atoms with Crippen LogP contribution in [-0.4, -0.2) is 38.9 Å². The average molecular weight is 363 g/mol. The van der Waals surface area contributed by atoms with Gasteiger partial charge in [0.05, 0.1) is 10.5 Å². The molecule has 0 saturated carbocycles. The van der Waals surface area contributed by atoms with Crippen molar-refractivity contribution in [2.75, 3.05) is 20.1 Å². The summed E-state index contributed by atoms with van der Waals surface area (Å²) in [6.07, 6.45) is -4.37. The van der Waals surface area contributed by atoms with Crippen molar-refractivity contribution >= 4 is 22.4 Å². The van der Waals surface area contributed by atoms with Gasteiger partial charge in [0, 0.05) is 19.6 Å². The van der Waals surface area contributed by atoms with Crippen molar-refractivity contribution in [3.8, 4) is 0 Å². The zero-order valence-electron chi connectivity index (χ0n) is 11.5. The SMILES string of the molecule is CN(C1CCNC1)S(=O)(=O)c1ccc(F)c(C(F)(F)F)c1.Cl. The number of rotatable bonds is 3. The second-order valence-corrected chi connectivity index (χ2v) is 6.80. The van der Waals surface area contributed by atoms with Gasteiger partial charge in [-0.1, -0.05) is 0 Å². The van der Waals surface area contributed by atoms with Crippen LogP contribution in [0.5, 0.6) is 0 Å². The number of hydrogen-bond donors (Lipinski definition) is 1. The highest BCUT2D eigenvalue weighted by molar-refractivity contribution is 7.89. The normalized spacial score (nSPS) is 19.3. The first-order valence-corrected chi connectivity index (χ1v) is 7.63. The highest BCUT2D eigenvalue weighted by Crippen LogP contribution is 2.33. The fourth-order valence-corrected chi connectivity index (χ4v) is 3.61. The number of alkyl halides is 3. The van der Waals surface area contributed by atoms with Crippen molar-refractivity contribution in [1.29, 1.82) is 0 Å². The molecule has 1 aliphatic rings. The van der Waals surface area contributed by atoms with Crippen molar-refractivity contribution in [1.82, 2.24) is 9.62 Å². The Morgan fingerprint density at radius 3 is 2.45 bits per heavy atom. The van der Waals surface area contributed by atoms with Crippen LogP contribution in [0.25, 0.3) is 0 Å². The maximum absolute atomic E-state index is 13.2. The molecule has 0 radical (unpaired) electrons. The first kappa shape index (κ1) is 19.1. The summed E-state index contributed by atoms with van der Waals surface area (Å²) in [5, 5.41) is 2.98. The molecular weight excluding hydrogens is 348 g/mol. The highest BCUT2D eigenvalue weighted by Gasteiger charge is 2.37. The Labute approximate surface area is 132 Å². The minimum atomic E-state index is -4.94. The number of nitrogens with zero attached hydrogens (tertiary/aromatic N) is 1. The number of benzene rings is 1. The van der Waals surface area contributed by atoms with Crippen LogP contribution in [0.3, 0.4) is 0 Å². The molecule has 1 atom stereocenters. The summed E-state index contributed by atoms with van der Waals surface area (Å²) >= 11 is 0. The lowest BCUT2D eigenvalue weighted by molar-refractivity contribution is -0.140. The first-order chi connectivity index (χ1) is 9.64. The number of nitrogens with one attached hydrogen (secondary N) is 1. The Morgan fingerprint density at radius 1 is 1.32 bits per heavy atom. The smallest absolute Gasteiger partial charge is 0.315 e. The van der Waals surface area contributed by atoms with Crippen LogP contribution in [0.1, 0.15) is 12.0 Å². The van der Waals surface area contributed by atoms with Crippen molar-refractivity contribution in [3.05, 3.63) is 29.6 Å². The number of sulfonamides is 1. The molecule has 1 N–H and O–H groups in total. The van der Waals surface area contributed by atoms with E-state index in [1.807, 2.05) is 0 Å². The molecule has 1 fully saturated rings. The van der Waals surface area contributed by atoms with E-state index in [-0.39, 0.29) is 18.4 Å². The zero-order valence-corrected chi connectivity index (χ0v) is 13.2. The molecule has 1 unspecified atom stereocenters. The van der Waals surface area contributed by atoms with Gasteiger partial charge in [0.25, 0.3) is 0 Å². The summed E-state index contributed by atoms with van der Waals surface area (Å²) in [5.74, 6) is -1.49. The average Bonchev–Trinajstić information content (AvgIpc) is 2.90. The van der Waals surface area contributed by atoms with E-state index < -0.39 is 32.5 Å². The standard InChI is InChI=1S/C12H14F4N2O2S.ClH/c1-18(8-4-5-17-7-8)21(19,20)9-2-3-11(13)10(6-9)12(14,15)16;/h2-3,6,8,17H,4-5,7H2,1H3;1H. The molecule has 0 amide bonds. The summed E-state index contributed by atoms with van der Waals surface area (Å²) in [5.41, 5.74) is -1.58. The van der Waals surface area contributed by atoms with Gasteiger partial charge in [0.1, 0.15) is 5.82 Å². The minimum absolute atomic E-state index is 0. The molecule has 1 saturated heterocycles. The van der Waals surface area contributed by atoms with Gasteiger partial charge in [-0.2, -0.15) is 17.5 Å². The largest absolute Gasteiger partial charge is 0.419 e. The highest BCUT2D eigenvalue weighted by atomic mass is 35.5. The monoisotopic (exact) mass is 362 g/mol. The van der Waals surface area contributed by atoms with Crippen LogP contribution in [0, 0.1) is 5.82 Å². The van der Waals surface area contributed by atoms with Gasteiger partial charge >= 0.3 is 6.18 Å². The van der Waals surface area contributed by atoms with Gasteiger partial charge in [-0.15, -0.1) is 12.4 Å². The lowest BCUT2D eigenvalue weighted by Crippen LogP contribution is -2.38. The van der Waals surface area contributed by atoms with E-state index >= 15 is 0 Å². The molecule has 22 heavy (non-hydrogen) atoms. The topological polar surface area (TPSA) is 49.4 Å². The van der Waals surface area contributed by atoms with Crippen molar-refractivity contribution in [2.45, 2.75) is 23.5 Å². The molecule has 1 heterocycles. The van der Waals surface area contributed by atoms with E-state index in [1.165, 1.54) is 7.05 Å². The van der Waals surface area contributed by atoms with Crippen LogP contribution < -0.4 is 5.32 Å². The predicted molar refractivity (Wildman–Crippen MR) is 74.9 cm³/mol. The van der Waals surface area contributed by atoms with Crippen molar-refractivity contribution < 1.29 is 26.0 Å². The van der Waals surface area contributed by atoms with Gasteiger partial charge < -0.3 is 5.32 Å². The van der Waals surface area contributed by atoms with E-state index in [0.29, 0.717) is 31.6 Å². The Hall–Kier alpha value is -0.900. The fraction of sp³-hybridized carbons (Fsp3) is 0.500. The molecule has 10 heteroatoms. The van der Waals surface area contributed by atoms with Crippen LogP contribution in [0.4, 0.5) is 17.6 Å². The summed E-state index contributed by atoms with van der Waals surface area (Å²) in [4.78, 5) is -0.564. The van der Waals surface area contributed by atoms with Crippen LogP contribution in [0.15, 0.2) is 23.1 Å². The third-order valence-corrected chi connectivity index (χ3v) is 5.37. The van der Waals surface area contributed by atoms with E-state index in [9.17, 15) is 26.0 Å². The molecule has 0 bridgehead atoms. The molecule has 1 aliphatic heterocycles. The predicted octanol–water partition coefficient (Wildman–Crippen LogP) is 2.25. The molecule has 4 nitrogen and oxygen atoms in total. The Bertz CT molecular complexity index is 631. The Kier molecular flexibility index (Phi) is 5.82. The van der Waals surface area contributed by atoms with Gasteiger partial charge in [0.2, 0.25) is 10.0 Å². The summed E-state index contributed by atoms with van der Waals surface area (Å²) in [6, 6.07) is 1.38. The molecule has 1 aromatic rings. The summed E-state index contributed by atoms with van der Waals surface area (Å²) in [7, 11) is -2.79. The lowest BCUT2D eigenvalue weighted by atomic mass is 10.2. The van der Waals surface area contributed by atoms with Gasteiger partial charge in [-0.3, -0.25) is 0 Å². The minimum Gasteiger partial charge on any atom is -0.315 e. The fourth-order valence-electron chi connectivity index (χ4n) is 2.19. The number of halogens is 5. The molecule has 126 valence electrons. The second-order valence-electron chi connectivity index (χ2n) is 4.81. The quantitative estimate of drug-likeness (QED) is 0.839. The molecule has 0 aliphatic carbocycles. The molecule has 0 aromatic heterocycles. The van der Waals surface area contributed by atoms with Crippen molar-refractivity contribution in [3.63, 3.8) is 0 Å². The Morgan fingerprint density at radius 2 is 1.95 bits per heavy atom. The Balaban J connectivity index is 0.00000242. The first-order valence-electron chi connectivity index (χ1n) is 6.19. The van der Waals surface area contributed by atoms with Gasteiger partial charge in [-0.05, 0) is 31.2 Å². The number of hydrogen-bond acceptors (Lipinski definition) is 3. The maximum Gasteiger partial charge on any atom is 0.419 e. The van der Waals surface area contributed by atoms with Gasteiger partial charge in [0.15, 0.2) is 0 Å². The van der Waals surface area contributed by atoms with Crippen LogP contribution in [0.2, 0.25) is 0 Å². The van der Waals surface area contributed by atoms with E-state index in [1.54, 1.807) is 0 Å². The molecule has 1 aromatic carbocycles. The molecule has 2 rings (SSSR count). The summed E-state index contributed by atoms with van der Waals surface area (Å²) < 4.78 is 76.9. The maximum atomic E-state index is 13.2. The van der Waals surface area contributed by atoms with Crippen LogP contribution in [-0.2, 0) is 16.2 Å². The van der Waals surface area contributed by atoms with E-state index in [2.05, 4.69) is 5.32 Å². The van der Waals surface area contributed by atoms with E-state index in [0.717, 1.165) is 10.4 Å².